The maximum absolute atomic E-state index is 12.8. The molecule has 0 bridgehead atoms. The fraction of sp³-hybridized carbons (Fsp3) is 0.368. The molecule has 0 aliphatic rings. The lowest BCUT2D eigenvalue weighted by atomic mass is 10.2. The summed E-state index contributed by atoms with van der Waals surface area (Å²) in [5, 5.41) is 0. The van der Waals surface area contributed by atoms with Gasteiger partial charge in [-0.2, -0.15) is 0 Å². The van der Waals surface area contributed by atoms with Gasteiger partial charge in [0.25, 0.3) is 0 Å². The Morgan fingerprint density at radius 1 is 0.821 bits per heavy atom. The zero-order valence-electron chi connectivity index (χ0n) is 16.0. The Morgan fingerprint density at radius 3 is 1.71 bits per heavy atom. The summed E-state index contributed by atoms with van der Waals surface area (Å²) >= 11 is 0. The van der Waals surface area contributed by atoms with Gasteiger partial charge >= 0.3 is 19.8 Å². The zero-order chi connectivity index (χ0) is 21.0. The molecule has 0 unspecified atom stereocenters. The fourth-order valence-electron chi connectivity index (χ4n) is 1.65. The van der Waals surface area contributed by atoms with E-state index in [1.807, 2.05) is 6.07 Å². The first kappa shape index (κ1) is 23.8. The molecule has 8 nitrogen and oxygen atoms in total. The molecule has 0 atom stereocenters. The van der Waals surface area contributed by atoms with Crippen LogP contribution in [-0.2, 0) is 43.8 Å². The quantitative estimate of drug-likeness (QED) is 0.210. The first-order chi connectivity index (χ1) is 13.2. The van der Waals surface area contributed by atoms with Gasteiger partial charge in [-0.1, -0.05) is 43.5 Å². The summed E-state index contributed by atoms with van der Waals surface area (Å²) in [5.74, 6) is -1.17. The predicted octanol–water partition coefficient (Wildman–Crippen LogP) is 3.58. The Bertz CT molecular complexity index is 691. The Hall–Kier alpha value is -2.25. The Labute approximate surface area is 164 Å². The van der Waals surface area contributed by atoms with Crippen molar-refractivity contribution >= 4 is 19.8 Å². The third kappa shape index (κ3) is 9.62. The van der Waals surface area contributed by atoms with Crippen molar-refractivity contribution in [1.29, 1.82) is 0 Å². The molecule has 1 rings (SSSR count). The number of hydrogen-bond acceptors (Lipinski definition) is 8. The number of phosphoric ester groups is 1. The van der Waals surface area contributed by atoms with Crippen LogP contribution in [0.4, 0.5) is 0 Å². The number of phosphoric acid groups is 1. The fourth-order valence-corrected chi connectivity index (χ4v) is 2.78. The van der Waals surface area contributed by atoms with Crippen LogP contribution in [0.1, 0.15) is 19.4 Å². The average Bonchev–Trinajstić information content (AvgIpc) is 2.67. The molecule has 28 heavy (non-hydrogen) atoms. The molecule has 0 aromatic heterocycles. The molecule has 9 heteroatoms. The average molecular weight is 412 g/mol. The Balaban J connectivity index is 2.55. The number of esters is 2. The normalized spacial score (nSPS) is 10.9. The van der Waals surface area contributed by atoms with Crippen LogP contribution in [0.5, 0.6) is 0 Å². The summed E-state index contributed by atoms with van der Waals surface area (Å²) in [7, 11) is -3.98. The van der Waals surface area contributed by atoms with Gasteiger partial charge in [0, 0.05) is 11.1 Å². The molecule has 1 aromatic carbocycles. The van der Waals surface area contributed by atoms with E-state index in [1.165, 1.54) is 13.8 Å². The van der Waals surface area contributed by atoms with E-state index < -0.39 is 19.8 Å². The molecule has 154 valence electrons. The first-order valence-corrected chi connectivity index (χ1v) is 9.92. The second kappa shape index (κ2) is 12.3. The number of ether oxygens (including phenoxy) is 2. The Kier molecular flexibility index (Phi) is 10.4. The lowest BCUT2D eigenvalue weighted by Crippen LogP contribution is -2.14. The van der Waals surface area contributed by atoms with Crippen LogP contribution in [0.25, 0.3) is 0 Å². The van der Waals surface area contributed by atoms with E-state index >= 15 is 0 Å². The number of hydrogen-bond donors (Lipinski definition) is 0. The van der Waals surface area contributed by atoms with Crippen molar-refractivity contribution in [3.8, 4) is 0 Å². The molecule has 1 aromatic rings. The number of carbonyl (C=O) groups is 2. The van der Waals surface area contributed by atoms with E-state index in [0.717, 1.165) is 5.56 Å². The Morgan fingerprint density at radius 2 is 1.29 bits per heavy atom. The summed E-state index contributed by atoms with van der Waals surface area (Å²) in [5.41, 5.74) is 1.23. The molecule has 0 radical (unpaired) electrons. The number of rotatable bonds is 13. The lowest BCUT2D eigenvalue weighted by Gasteiger charge is -2.18. The van der Waals surface area contributed by atoms with Crippen molar-refractivity contribution in [3.05, 3.63) is 60.2 Å². The molecule has 0 fully saturated rings. The highest BCUT2D eigenvalue weighted by atomic mass is 31.2. The third-order valence-electron chi connectivity index (χ3n) is 3.06. The first-order valence-electron chi connectivity index (χ1n) is 8.46. The predicted molar refractivity (Wildman–Crippen MR) is 102 cm³/mol. The van der Waals surface area contributed by atoms with Crippen LogP contribution in [0.3, 0.4) is 0 Å². The highest BCUT2D eigenvalue weighted by molar-refractivity contribution is 7.48. The minimum absolute atomic E-state index is 0.0186. The smallest absolute Gasteiger partial charge is 0.460 e. The molecule has 0 saturated carbocycles. The molecule has 0 N–H and O–H groups in total. The van der Waals surface area contributed by atoms with Gasteiger partial charge in [0.05, 0.1) is 19.8 Å². The molecular formula is C19H25O8P. The third-order valence-corrected chi connectivity index (χ3v) is 4.50. The second-order valence-electron chi connectivity index (χ2n) is 5.71. The highest BCUT2D eigenvalue weighted by Crippen LogP contribution is 2.50. The molecule has 0 aliphatic heterocycles. The van der Waals surface area contributed by atoms with Crippen molar-refractivity contribution in [2.24, 2.45) is 0 Å². The van der Waals surface area contributed by atoms with E-state index in [-0.39, 0.29) is 44.2 Å². The van der Waals surface area contributed by atoms with E-state index in [0.29, 0.717) is 0 Å². The van der Waals surface area contributed by atoms with Crippen LogP contribution in [0.2, 0.25) is 0 Å². The molecule has 0 aliphatic carbocycles. The van der Waals surface area contributed by atoms with Crippen LogP contribution < -0.4 is 0 Å². The van der Waals surface area contributed by atoms with Gasteiger partial charge in [-0.15, -0.1) is 0 Å². The van der Waals surface area contributed by atoms with Gasteiger partial charge in [-0.05, 0) is 19.4 Å². The standard InChI is InChI=1S/C19H25O8P/c1-15(2)18(20)23-10-12-25-28(22,26-13-11-24-19(21)16(3)4)27-14-17-8-6-5-7-9-17/h5-9H,1,3,10-14H2,2,4H3. The maximum Gasteiger partial charge on any atom is 0.475 e. The minimum Gasteiger partial charge on any atom is -0.460 e. The van der Waals surface area contributed by atoms with E-state index in [9.17, 15) is 14.2 Å². The maximum atomic E-state index is 12.8. The summed E-state index contributed by atoms with van der Waals surface area (Å²) in [6.07, 6.45) is 0. The van der Waals surface area contributed by atoms with E-state index in [2.05, 4.69) is 13.2 Å². The summed E-state index contributed by atoms with van der Waals surface area (Å²) < 4.78 is 38.2. The van der Waals surface area contributed by atoms with Gasteiger partial charge < -0.3 is 9.47 Å². The van der Waals surface area contributed by atoms with Crippen LogP contribution >= 0.6 is 7.82 Å². The van der Waals surface area contributed by atoms with Gasteiger partial charge in [0.2, 0.25) is 0 Å². The summed E-state index contributed by atoms with van der Waals surface area (Å²) in [6, 6.07) is 9.02. The number of carbonyl (C=O) groups excluding carboxylic acids is 2. The molecule has 0 heterocycles. The van der Waals surface area contributed by atoms with Crippen molar-refractivity contribution in [3.63, 3.8) is 0 Å². The van der Waals surface area contributed by atoms with Crippen LogP contribution in [-0.4, -0.2) is 38.4 Å². The van der Waals surface area contributed by atoms with E-state index in [4.69, 9.17) is 23.0 Å². The summed E-state index contributed by atoms with van der Waals surface area (Å²) in [6.45, 7) is 9.17. The van der Waals surface area contributed by atoms with Crippen molar-refractivity contribution in [2.75, 3.05) is 26.4 Å². The lowest BCUT2D eigenvalue weighted by molar-refractivity contribution is -0.140. The second-order valence-corrected chi connectivity index (χ2v) is 7.37. The topological polar surface area (TPSA) is 97.4 Å². The van der Waals surface area contributed by atoms with Crippen molar-refractivity contribution in [1.82, 2.24) is 0 Å². The van der Waals surface area contributed by atoms with Gasteiger partial charge in [0.15, 0.2) is 0 Å². The SMILES string of the molecule is C=C(C)C(=O)OCCOP(=O)(OCCOC(=O)C(=C)C)OCc1ccccc1. The van der Waals surface area contributed by atoms with Gasteiger partial charge in [0.1, 0.15) is 13.2 Å². The van der Waals surface area contributed by atoms with Gasteiger partial charge in [-0.25, -0.2) is 14.2 Å². The minimum atomic E-state index is -3.98. The molecule has 0 spiro atoms. The van der Waals surface area contributed by atoms with E-state index in [1.54, 1.807) is 24.3 Å². The monoisotopic (exact) mass is 412 g/mol. The number of benzene rings is 1. The van der Waals surface area contributed by atoms with Crippen LogP contribution in [0, 0.1) is 0 Å². The molecule has 0 amide bonds. The molecular weight excluding hydrogens is 387 g/mol. The van der Waals surface area contributed by atoms with Gasteiger partial charge in [-0.3, -0.25) is 13.6 Å². The molecule has 0 saturated heterocycles. The summed E-state index contributed by atoms with van der Waals surface area (Å²) in [4.78, 5) is 22.7. The van der Waals surface area contributed by atoms with Crippen LogP contribution in [0.15, 0.2) is 54.6 Å². The van der Waals surface area contributed by atoms with Crippen molar-refractivity contribution in [2.45, 2.75) is 20.5 Å². The van der Waals surface area contributed by atoms with Crippen molar-refractivity contribution < 1.29 is 37.2 Å². The largest absolute Gasteiger partial charge is 0.475 e. The zero-order valence-corrected chi connectivity index (χ0v) is 16.9. The highest BCUT2D eigenvalue weighted by Gasteiger charge is 2.27.